The highest BCUT2D eigenvalue weighted by atomic mass is 16.4. The average Bonchev–Trinajstić information content (AvgIpc) is 3.25. The summed E-state index contributed by atoms with van der Waals surface area (Å²) in [7, 11) is 4.05. The second-order valence-corrected chi connectivity index (χ2v) is 9.60. The van der Waals surface area contributed by atoms with Crippen molar-refractivity contribution < 1.29 is 9.90 Å². The van der Waals surface area contributed by atoms with Crippen LogP contribution in [0, 0.1) is 6.92 Å². The number of aryl methyl sites for hydroxylation is 2. The third-order valence-electron chi connectivity index (χ3n) is 6.73. The van der Waals surface area contributed by atoms with Crippen molar-refractivity contribution in [2.75, 3.05) is 7.05 Å². The Morgan fingerprint density at radius 3 is 2.42 bits per heavy atom. The highest BCUT2D eigenvalue weighted by molar-refractivity contribution is 5.89. The van der Waals surface area contributed by atoms with Gasteiger partial charge in [0.05, 0.1) is 28.6 Å². The molecule has 0 amide bonds. The molecule has 38 heavy (non-hydrogen) atoms. The van der Waals surface area contributed by atoms with Crippen LogP contribution in [-0.4, -0.2) is 38.9 Å². The van der Waals surface area contributed by atoms with E-state index in [1.54, 1.807) is 12.1 Å². The van der Waals surface area contributed by atoms with Crippen LogP contribution in [0.15, 0.2) is 96.0 Å². The minimum atomic E-state index is -0.895. The van der Waals surface area contributed by atoms with Gasteiger partial charge in [-0.3, -0.25) is 0 Å². The normalized spacial score (nSPS) is 11.3. The molecule has 0 radical (unpaired) electrons. The fraction of sp³-hybridized carbons (Fsp3) is 0.156. The lowest BCUT2D eigenvalue weighted by Gasteiger charge is -2.14. The fourth-order valence-electron chi connectivity index (χ4n) is 4.70. The smallest absolute Gasteiger partial charge is 0.335 e. The predicted molar refractivity (Wildman–Crippen MR) is 153 cm³/mol. The number of carbonyl (C=O) groups is 1. The Hall–Kier alpha value is -4.71. The maximum absolute atomic E-state index is 11.5. The van der Waals surface area contributed by atoms with Crippen molar-refractivity contribution in [3.63, 3.8) is 0 Å². The molecule has 0 aliphatic rings. The topological polar surface area (TPSA) is 70.7 Å². The van der Waals surface area contributed by atoms with Crippen LogP contribution < -0.4 is 0 Å². The van der Waals surface area contributed by atoms with Gasteiger partial charge in [0.2, 0.25) is 0 Å². The number of rotatable bonds is 8. The molecule has 0 bridgehead atoms. The van der Waals surface area contributed by atoms with Crippen molar-refractivity contribution in [1.29, 1.82) is 0 Å². The summed E-state index contributed by atoms with van der Waals surface area (Å²) in [5.74, 6) is 0.0463. The molecule has 5 rings (SSSR count). The molecule has 0 fully saturated rings. The van der Waals surface area contributed by atoms with Gasteiger partial charge >= 0.3 is 5.97 Å². The van der Waals surface area contributed by atoms with Gasteiger partial charge in [-0.2, -0.15) is 0 Å². The minimum absolute atomic E-state index is 0.351. The lowest BCUT2D eigenvalue weighted by Crippen LogP contribution is -2.15. The Kier molecular flexibility index (Phi) is 7.05. The van der Waals surface area contributed by atoms with E-state index in [2.05, 4.69) is 54.0 Å². The number of aliphatic imine (C=N–C) groups is 1. The fourth-order valence-corrected chi connectivity index (χ4v) is 4.70. The third-order valence-corrected chi connectivity index (χ3v) is 6.73. The molecule has 0 aliphatic heterocycles. The molecule has 4 aromatic carbocycles. The number of carboxylic acids is 1. The molecule has 5 aromatic rings. The number of imidazole rings is 1. The third kappa shape index (κ3) is 5.34. The molecule has 1 N–H and O–H groups in total. The second kappa shape index (κ2) is 10.7. The molecular weight excluding hydrogens is 472 g/mol. The van der Waals surface area contributed by atoms with Gasteiger partial charge in [-0.1, -0.05) is 54.6 Å². The molecule has 0 saturated carbocycles. The van der Waals surface area contributed by atoms with E-state index in [0.29, 0.717) is 18.5 Å². The van der Waals surface area contributed by atoms with Crippen LogP contribution in [0.4, 0.5) is 5.69 Å². The van der Waals surface area contributed by atoms with Crippen LogP contribution in [-0.2, 0) is 20.0 Å². The summed E-state index contributed by atoms with van der Waals surface area (Å²) >= 11 is 0. The molecule has 1 heterocycles. The zero-order chi connectivity index (χ0) is 26.6. The summed E-state index contributed by atoms with van der Waals surface area (Å²) in [5.41, 5.74) is 8.58. The van der Waals surface area contributed by atoms with E-state index in [1.807, 2.05) is 61.7 Å². The Morgan fingerprint density at radius 1 is 0.974 bits per heavy atom. The van der Waals surface area contributed by atoms with Gasteiger partial charge in [-0.25, -0.2) is 14.8 Å². The highest BCUT2D eigenvalue weighted by Crippen LogP contribution is 2.28. The first-order chi connectivity index (χ1) is 18.4. The first kappa shape index (κ1) is 25.0. The second-order valence-electron chi connectivity index (χ2n) is 9.60. The summed E-state index contributed by atoms with van der Waals surface area (Å²) in [6.45, 7) is 2.78. The van der Waals surface area contributed by atoms with E-state index in [0.717, 1.165) is 50.4 Å². The molecule has 1 aromatic heterocycles. The van der Waals surface area contributed by atoms with E-state index < -0.39 is 5.97 Å². The van der Waals surface area contributed by atoms with E-state index in [-0.39, 0.29) is 0 Å². The lowest BCUT2D eigenvalue weighted by molar-refractivity contribution is 0.0696. The van der Waals surface area contributed by atoms with Crippen molar-refractivity contribution in [2.45, 2.75) is 19.9 Å². The number of fused-ring (bicyclic) bond motifs is 1. The van der Waals surface area contributed by atoms with E-state index in [4.69, 9.17) is 9.98 Å². The minimum Gasteiger partial charge on any atom is -0.478 e. The monoisotopic (exact) mass is 502 g/mol. The number of benzene rings is 4. The first-order valence-electron chi connectivity index (χ1n) is 12.5. The van der Waals surface area contributed by atoms with E-state index >= 15 is 0 Å². The zero-order valence-corrected chi connectivity index (χ0v) is 21.8. The molecular formula is C32H30N4O2. The summed E-state index contributed by atoms with van der Waals surface area (Å²) < 4.78 is 2.12. The zero-order valence-electron chi connectivity index (χ0n) is 21.8. The standard InChI is InChI=1S/C32H30N4O2/c1-22-18-26(31-34-29-10-6-7-11-30(29)36(31)3)16-17-28(22)33-21-35(2)20-24-14-12-23(13-15-24)19-25-8-4-5-9-27(25)32(37)38/h4-18,21H,19-20H2,1-3H3,(H,37,38)/b33-21-. The molecule has 0 unspecified atom stereocenters. The molecule has 6 heteroatoms. The van der Waals surface area contributed by atoms with Crippen molar-refractivity contribution in [3.8, 4) is 11.4 Å². The van der Waals surface area contributed by atoms with Crippen molar-refractivity contribution in [1.82, 2.24) is 14.5 Å². The molecule has 0 spiro atoms. The largest absolute Gasteiger partial charge is 0.478 e. The first-order valence-corrected chi connectivity index (χ1v) is 12.5. The highest BCUT2D eigenvalue weighted by Gasteiger charge is 2.11. The summed E-state index contributed by atoms with van der Waals surface area (Å²) in [5, 5.41) is 9.42. The van der Waals surface area contributed by atoms with Crippen LogP contribution in [0.25, 0.3) is 22.4 Å². The molecule has 0 aliphatic carbocycles. The number of aromatic carboxylic acids is 1. The summed E-state index contributed by atoms with van der Waals surface area (Å²) in [6.07, 6.45) is 2.44. The molecule has 190 valence electrons. The van der Waals surface area contributed by atoms with Gasteiger partial charge < -0.3 is 14.6 Å². The number of hydrogen-bond donors (Lipinski definition) is 1. The van der Waals surface area contributed by atoms with E-state index in [1.165, 1.54) is 0 Å². The van der Waals surface area contributed by atoms with Crippen LogP contribution in [0.2, 0.25) is 0 Å². The molecule has 0 atom stereocenters. The molecule has 6 nitrogen and oxygen atoms in total. The van der Waals surface area contributed by atoms with Gasteiger partial charge in [-0.15, -0.1) is 0 Å². The Bertz CT molecular complexity index is 1630. The maximum Gasteiger partial charge on any atom is 0.335 e. The van der Waals surface area contributed by atoms with E-state index in [9.17, 15) is 9.90 Å². The van der Waals surface area contributed by atoms with Crippen molar-refractivity contribution >= 4 is 29.0 Å². The van der Waals surface area contributed by atoms with Crippen molar-refractivity contribution in [3.05, 3.63) is 119 Å². The summed E-state index contributed by atoms with van der Waals surface area (Å²) in [4.78, 5) is 23.1. The maximum atomic E-state index is 11.5. The Morgan fingerprint density at radius 2 is 1.68 bits per heavy atom. The summed E-state index contributed by atoms with van der Waals surface area (Å²) in [6, 6.07) is 29.8. The Balaban J connectivity index is 1.24. The lowest BCUT2D eigenvalue weighted by atomic mass is 9.99. The number of carboxylic acid groups (broad SMARTS) is 1. The number of aromatic nitrogens is 2. The quantitative estimate of drug-likeness (QED) is 0.191. The molecule has 0 saturated heterocycles. The van der Waals surface area contributed by atoms with Crippen LogP contribution in [0.5, 0.6) is 0 Å². The van der Waals surface area contributed by atoms with Gasteiger partial charge in [0.1, 0.15) is 5.82 Å². The number of nitrogens with zero attached hydrogens (tertiary/aromatic N) is 4. The number of hydrogen-bond acceptors (Lipinski definition) is 3. The van der Waals surface area contributed by atoms with Gasteiger partial charge in [0.15, 0.2) is 0 Å². The SMILES string of the molecule is Cc1cc(-c2nc3ccccc3n2C)ccc1/N=C\N(C)Cc1ccc(Cc2ccccc2C(=O)O)cc1. The Labute approximate surface area is 222 Å². The predicted octanol–water partition coefficient (Wildman–Crippen LogP) is 6.63. The van der Waals surface area contributed by atoms with Crippen LogP contribution in [0.3, 0.4) is 0 Å². The van der Waals surface area contributed by atoms with Gasteiger partial charge in [0.25, 0.3) is 0 Å². The van der Waals surface area contributed by atoms with Crippen molar-refractivity contribution in [2.24, 2.45) is 12.0 Å². The average molecular weight is 503 g/mol. The van der Waals surface area contributed by atoms with Gasteiger partial charge in [-0.05, 0) is 72.0 Å². The van der Waals surface area contributed by atoms with Crippen LogP contribution >= 0.6 is 0 Å². The van der Waals surface area contributed by atoms with Crippen LogP contribution in [0.1, 0.15) is 32.6 Å². The van der Waals surface area contributed by atoms with Gasteiger partial charge in [0, 0.05) is 26.2 Å². The number of para-hydroxylation sites is 2.